The lowest BCUT2D eigenvalue weighted by Gasteiger charge is -2.30. The number of ketones is 1. The molecule has 2 amide bonds. The molecule has 1 aromatic rings. The third-order valence-electron chi connectivity index (χ3n) is 4.66. The first-order chi connectivity index (χ1) is 12.1. The Morgan fingerprint density at radius 2 is 2.08 bits per heavy atom. The van der Waals surface area contributed by atoms with E-state index in [0.29, 0.717) is 12.0 Å². The molecule has 1 aliphatic rings. The van der Waals surface area contributed by atoms with Crippen LogP contribution in [0.2, 0.25) is 0 Å². The molecule has 26 heavy (non-hydrogen) atoms. The molecule has 3 atom stereocenters. The van der Waals surface area contributed by atoms with Gasteiger partial charge in [0.25, 0.3) is 5.91 Å². The van der Waals surface area contributed by atoms with Crippen molar-refractivity contribution in [3.8, 4) is 0 Å². The molecule has 1 aliphatic heterocycles. The molecular formula is C19H25BrN2O4. The summed E-state index contributed by atoms with van der Waals surface area (Å²) in [4.78, 5) is 37.5. The van der Waals surface area contributed by atoms with E-state index in [1.165, 1.54) is 0 Å². The molecule has 1 aromatic carbocycles. The van der Waals surface area contributed by atoms with E-state index in [4.69, 9.17) is 4.74 Å². The minimum atomic E-state index is -1.08. The van der Waals surface area contributed by atoms with Gasteiger partial charge < -0.3 is 15.4 Å². The molecule has 0 radical (unpaired) electrons. The predicted molar refractivity (Wildman–Crippen MR) is 102 cm³/mol. The van der Waals surface area contributed by atoms with Gasteiger partial charge in [-0.05, 0) is 44.4 Å². The van der Waals surface area contributed by atoms with Gasteiger partial charge >= 0.3 is 0 Å². The summed E-state index contributed by atoms with van der Waals surface area (Å²) in [5, 5.41) is 5.58. The lowest BCUT2D eigenvalue weighted by molar-refractivity contribution is -0.130. The Labute approximate surface area is 162 Å². The molecule has 2 rings (SSSR count). The van der Waals surface area contributed by atoms with E-state index in [2.05, 4.69) is 26.6 Å². The number of rotatable bonds is 6. The molecule has 3 unspecified atom stereocenters. The van der Waals surface area contributed by atoms with Crippen molar-refractivity contribution in [2.24, 2.45) is 5.92 Å². The summed E-state index contributed by atoms with van der Waals surface area (Å²) < 4.78 is 6.13. The summed E-state index contributed by atoms with van der Waals surface area (Å²) in [5.41, 5.74) is -0.618. The molecule has 0 aromatic heterocycles. The number of hydrogen-bond donors (Lipinski definition) is 2. The highest BCUT2D eigenvalue weighted by atomic mass is 79.9. The highest BCUT2D eigenvalue weighted by molar-refractivity contribution is 9.10. The van der Waals surface area contributed by atoms with E-state index in [1.54, 1.807) is 32.0 Å². The highest BCUT2D eigenvalue weighted by Gasteiger charge is 2.47. The fourth-order valence-electron chi connectivity index (χ4n) is 2.83. The number of nitrogens with one attached hydrogen (secondary N) is 2. The lowest BCUT2D eigenvalue weighted by Crippen LogP contribution is -2.60. The van der Waals surface area contributed by atoms with E-state index in [-0.39, 0.29) is 30.1 Å². The van der Waals surface area contributed by atoms with Gasteiger partial charge in [-0.15, -0.1) is 0 Å². The zero-order chi connectivity index (χ0) is 19.5. The van der Waals surface area contributed by atoms with Crippen molar-refractivity contribution < 1.29 is 19.1 Å². The van der Waals surface area contributed by atoms with Gasteiger partial charge in [0, 0.05) is 10.0 Å². The average molecular weight is 425 g/mol. The molecule has 1 fully saturated rings. The van der Waals surface area contributed by atoms with Crippen LogP contribution in [0.15, 0.2) is 28.7 Å². The molecular weight excluding hydrogens is 400 g/mol. The zero-order valence-corrected chi connectivity index (χ0v) is 17.1. The van der Waals surface area contributed by atoms with Crippen LogP contribution in [0.25, 0.3) is 0 Å². The smallest absolute Gasteiger partial charge is 0.251 e. The molecule has 0 saturated carbocycles. The van der Waals surface area contributed by atoms with Gasteiger partial charge in [0.1, 0.15) is 18.2 Å². The van der Waals surface area contributed by atoms with Crippen LogP contribution in [0.5, 0.6) is 0 Å². The largest absolute Gasteiger partial charge is 0.368 e. The maximum atomic E-state index is 12.8. The standard InChI is InChI=1S/C19H25BrN2O4/c1-11(2)8-15(21-17(24)13-6-5-7-14(20)9-13)18(25)22-19(4)12(3)26-10-16(19)23/h5-7,9,11-12,15H,8,10H2,1-4H3,(H,21,24)(H,22,25). The number of benzene rings is 1. The summed E-state index contributed by atoms with van der Waals surface area (Å²) in [5.74, 6) is -0.691. The van der Waals surface area contributed by atoms with Crippen molar-refractivity contribution in [2.75, 3.05) is 6.61 Å². The van der Waals surface area contributed by atoms with Gasteiger partial charge in [0.15, 0.2) is 5.78 Å². The summed E-state index contributed by atoms with van der Waals surface area (Å²) in [6.07, 6.45) is 0.0462. The van der Waals surface area contributed by atoms with Crippen LogP contribution in [-0.2, 0) is 14.3 Å². The number of ether oxygens (including phenoxy) is 1. The Kier molecular flexibility index (Phi) is 6.58. The summed E-state index contributed by atoms with van der Waals surface area (Å²) in [6.45, 7) is 7.34. The van der Waals surface area contributed by atoms with Crippen molar-refractivity contribution in [2.45, 2.75) is 51.8 Å². The first kappa shape index (κ1) is 20.6. The summed E-state index contributed by atoms with van der Waals surface area (Å²) in [7, 11) is 0. The van der Waals surface area contributed by atoms with E-state index in [1.807, 2.05) is 19.9 Å². The second kappa shape index (κ2) is 8.31. The van der Waals surface area contributed by atoms with Crippen LogP contribution < -0.4 is 10.6 Å². The Hall–Kier alpha value is -1.73. The molecule has 1 saturated heterocycles. The molecule has 0 aliphatic carbocycles. The van der Waals surface area contributed by atoms with E-state index in [9.17, 15) is 14.4 Å². The van der Waals surface area contributed by atoms with Crippen LogP contribution in [-0.4, -0.2) is 41.9 Å². The molecule has 2 N–H and O–H groups in total. The minimum absolute atomic E-state index is 0.0167. The second-order valence-electron chi connectivity index (χ2n) is 7.23. The van der Waals surface area contributed by atoms with E-state index < -0.39 is 17.7 Å². The van der Waals surface area contributed by atoms with Crippen LogP contribution in [0.3, 0.4) is 0 Å². The monoisotopic (exact) mass is 424 g/mol. The molecule has 142 valence electrons. The van der Waals surface area contributed by atoms with Crippen LogP contribution in [0, 0.1) is 5.92 Å². The summed E-state index contributed by atoms with van der Waals surface area (Å²) >= 11 is 3.33. The molecule has 0 bridgehead atoms. The first-order valence-electron chi connectivity index (χ1n) is 8.67. The minimum Gasteiger partial charge on any atom is -0.368 e. The Bertz CT molecular complexity index is 707. The number of carbonyl (C=O) groups is 3. The fourth-order valence-corrected chi connectivity index (χ4v) is 3.23. The lowest BCUT2D eigenvalue weighted by atomic mass is 9.92. The van der Waals surface area contributed by atoms with Gasteiger partial charge in [-0.3, -0.25) is 14.4 Å². The fraction of sp³-hybridized carbons (Fsp3) is 0.526. The maximum Gasteiger partial charge on any atom is 0.251 e. The van der Waals surface area contributed by atoms with Crippen molar-refractivity contribution in [3.05, 3.63) is 34.3 Å². The Balaban J connectivity index is 2.14. The highest BCUT2D eigenvalue weighted by Crippen LogP contribution is 2.22. The third kappa shape index (κ3) is 4.71. The average Bonchev–Trinajstić information content (AvgIpc) is 2.81. The number of halogens is 1. The van der Waals surface area contributed by atoms with Crippen LogP contribution in [0.1, 0.15) is 44.5 Å². The predicted octanol–water partition coefficient (Wildman–Crippen LogP) is 2.46. The molecule has 6 nitrogen and oxygen atoms in total. The topological polar surface area (TPSA) is 84.5 Å². The van der Waals surface area contributed by atoms with Crippen molar-refractivity contribution >= 4 is 33.5 Å². The molecule has 0 spiro atoms. The number of carbonyl (C=O) groups excluding carboxylic acids is 3. The van der Waals surface area contributed by atoms with Gasteiger partial charge in [-0.1, -0.05) is 35.8 Å². The van der Waals surface area contributed by atoms with Gasteiger partial charge in [0.2, 0.25) is 5.91 Å². The zero-order valence-electron chi connectivity index (χ0n) is 15.5. The van der Waals surface area contributed by atoms with Crippen molar-refractivity contribution in [1.82, 2.24) is 10.6 Å². The van der Waals surface area contributed by atoms with Gasteiger partial charge in [-0.2, -0.15) is 0 Å². The van der Waals surface area contributed by atoms with Gasteiger partial charge in [0.05, 0.1) is 6.10 Å². The van der Waals surface area contributed by atoms with Crippen molar-refractivity contribution in [3.63, 3.8) is 0 Å². The Morgan fingerprint density at radius 3 is 2.62 bits per heavy atom. The second-order valence-corrected chi connectivity index (χ2v) is 8.15. The number of hydrogen-bond acceptors (Lipinski definition) is 4. The van der Waals surface area contributed by atoms with Gasteiger partial charge in [-0.25, -0.2) is 0 Å². The van der Waals surface area contributed by atoms with Crippen LogP contribution in [0.4, 0.5) is 0 Å². The first-order valence-corrected chi connectivity index (χ1v) is 9.46. The summed E-state index contributed by atoms with van der Waals surface area (Å²) in [6, 6.07) is 6.22. The number of amides is 2. The maximum absolute atomic E-state index is 12.8. The van der Waals surface area contributed by atoms with Crippen molar-refractivity contribution in [1.29, 1.82) is 0 Å². The third-order valence-corrected chi connectivity index (χ3v) is 5.15. The van der Waals surface area contributed by atoms with Crippen LogP contribution >= 0.6 is 15.9 Å². The molecule has 7 heteroatoms. The van der Waals surface area contributed by atoms with E-state index >= 15 is 0 Å². The number of Topliss-reactive ketones (excluding diaryl/α,β-unsaturated/α-hetero) is 1. The molecule has 1 heterocycles. The Morgan fingerprint density at radius 1 is 1.38 bits per heavy atom. The SMILES string of the molecule is CC(C)CC(NC(=O)c1cccc(Br)c1)C(=O)NC1(C)C(=O)COC1C. The normalized spacial score (nSPS) is 23.8. The quantitative estimate of drug-likeness (QED) is 0.734. The van der Waals surface area contributed by atoms with E-state index in [0.717, 1.165) is 4.47 Å².